The molecule has 1 aromatic heterocycles. The Morgan fingerprint density at radius 3 is 2.54 bits per heavy atom. The normalized spacial score (nSPS) is 20.7. The van der Waals surface area contributed by atoms with E-state index in [1.807, 2.05) is 29.2 Å². The molecule has 0 aliphatic carbocycles. The van der Waals surface area contributed by atoms with Crippen LogP contribution in [0.15, 0.2) is 28.7 Å². The zero-order valence-corrected chi connectivity index (χ0v) is 16.3. The van der Waals surface area contributed by atoms with Crippen LogP contribution in [0.5, 0.6) is 0 Å². The topological polar surface area (TPSA) is 75.6 Å². The van der Waals surface area contributed by atoms with Crippen molar-refractivity contribution in [2.75, 3.05) is 37.6 Å². The first-order chi connectivity index (χ1) is 11.7. The maximum atomic E-state index is 12.7. The Kier molecular flexibility index (Phi) is 7.15. The van der Waals surface area contributed by atoms with Gasteiger partial charge in [-0.1, -0.05) is 12.1 Å². The molecule has 2 N–H and O–H groups in total. The van der Waals surface area contributed by atoms with Crippen molar-refractivity contribution in [3.05, 3.63) is 24.3 Å². The molecule has 0 radical (unpaired) electrons. The molecular weight excluding hydrogens is 375 g/mol. The number of hydrogen-bond acceptors (Lipinski definition) is 5. The number of nitrogens with two attached hydrogens (primary N) is 1. The van der Waals surface area contributed by atoms with E-state index in [1.165, 1.54) is 0 Å². The number of anilines is 1. The Labute approximate surface area is 165 Å². The van der Waals surface area contributed by atoms with Gasteiger partial charge < -0.3 is 20.0 Å². The molecule has 2 fully saturated rings. The van der Waals surface area contributed by atoms with E-state index < -0.39 is 0 Å². The van der Waals surface area contributed by atoms with E-state index in [9.17, 15) is 4.79 Å². The molecule has 2 saturated heterocycles. The zero-order valence-electron chi connectivity index (χ0n) is 14.7. The molecule has 0 saturated carbocycles. The van der Waals surface area contributed by atoms with Crippen LogP contribution >= 0.6 is 24.8 Å². The highest BCUT2D eigenvalue weighted by Crippen LogP contribution is 2.28. The quantitative estimate of drug-likeness (QED) is 0.856. The third-order valence-electron chi connectivity index (χ3n) is 5.33. The van der Waals surface area contributed by atoms with E-state index in [4.69, 9.17) is 10.2 Å². The van der Waals surface area contributed by atoms with Gasteiger partial charge in [-0.2, -0.15) is 4.98 Å². The molecule has 1 amide bonds. The van der Waals surface area contributed by atoms with Gasteiger partial charge in [0.05, 0.1) is 0 Å². The fourth-order valence-corrected chi connectivity index (χ4v) is 3.80. The van der Waals surface area contributed by atoms with Gasteiger partial charge in [-0.05, 0) is 43.9 Å². The molecule has 0 bridgehead atoms. The standard InChI is InChI=1S/C18H24N4O2.2ClH/c19-11-13-5-8-22(12-13)17(23)14-6-9-21(10-7-14)18-20-15-3-1-2-4-16(15)24-18;;/h1-4,13-14H,5-12,19H2;2*1H. The Morgan fingerprint density at radius 1 is 1.15 bits per heavy atom. The lowest BCUT2D eigenvalue weighted by molar-refractivity contribution is -0.135. The van der Waals surface area contributed by atoms with E-state index in [1.54, 1.807) is 0 Å². The summed E-state index contributed by atoms with van der Waals surface area (Å²) in [6, 6.07) is 8.48. The fourth-order valence-electron chi connectivity index (χ4n) is 3.80. The first-order valence-corrected chi connectivity index (χ1v) is 8.84. The van der Waals surface area contributed by atoms with Crippen molar-refractivity contribution in [2.45, 2.75) is 19.3 Å². The van der Waals surface area contributed by atoms with Crippen molar-refractivity contribution >= 4 is 47.8 Å². The number of carbonyl (C=O) groups excluding carboxylic acids is 1. The number of oxazole rings is 1. The molecule has 1 unspecified atom stereocenters. The van der Waals surface area contributed by atoms with Crippen LogP contribution in [0.2, 0.25) is 0 Å². The highest BCUT2D eigenvalue weighted by Gasteiger charge is 2.33. The summed E-state index contributed by atoms with van der Waals surface area (Å²) in [6.07, 6.45) is 2.77. The Bertz CT molecular complexity index is 698. The maximum absolute atomic E-state index is 12.7. The maximum Gasteiger partial charge on any atom is 0.298 e. The number of nitrogens with zero attached hydrogens (tertiary/aromatic N) is 3. The zero-order chi connectivity index (χ0) is 16.5. The third-order valence-corrected chi connectivity index (χ3v) is 5.33. The molecule has 3 heterocycles. The molecule has 2 aliphatic heterocycles. The summed E-state index contributed by atoms with van der Waals surface area (Å²) >= 11 is 0. The molecule has 1 atom stereocenters. The van der Waals surface area contributed by atoms with Crippen molar-refractivity contribution in [1.82, 2.24) is 9.88 Å². The minimum Gasteiger partial charge on any atom is -0.423 e. The molecule has 0 spiro atoms. The van der Waals surface area contributed by atoms with Crippen molar-refractivity contribution in [1.29, 1.82) is 0 Å². The summed E-state index contributed by atoms with van der Waals surface area (Å²) in [4.78, 5) is 21.4. The summed E-state index contributed by atoms with van der Waals surface area (Å²) in [6.45, 7) is 4.02. The van der Waals surface area contributed by atoms with Crippen molar-refractivity contribution in [2.24, 2.45) is 17.6 Å². The molecule has 2 aromatic rings. The van der Waals surface area contributed by atoms with Crippen molar-refractivity contribution in [3.63, 3.8) is 0 Å². The highest BCUT2D eigenvalue weighted by atomic mass is 35.5. The van der Waals surface area contributed by atoms with Gasteiger partial charge in [0.25, 0.3) is 6.01 Å². The molecule has 4 rings (SSSR count). The van der Waals surface area contributed by atoms with Crippen molar-refractivity contribution in [3.8, 4) is 0 Å². The molecule has 1 aromatic carbocycles. The predicted octanol–water partition coefficient (Wildman–Crippen LogP) is 2.70. The van der Waals surface area contributed by atoms with Crippen LogP contribution in [0.3, 0.4) is 0 Å². The van der Waals surface area contributed by atoms with Gasteiger partial charge >= 0.3 is 0 Å². The fraction of sp³-hybridized carbons (Fsp3) is 0.556. The van der Waals surface area contributed by atoms with Crippen LogP contribution in [0.1, 0.15) is 19.3 Å². The number of amides is 1. The van der Waals surface area contributed by atoms with Gasteiger partial charge in [-0.15, -0.1) is 24.8 Å². The van der Waals surface area contributed by atoms with Gasteiger partial charge in [0.1, 0.15) is 5.52 Å². The van der Waals surface area contributed by atoms with Gasteiger partial charge in [-0.25, -0.2) is 0 Å². The number of carbonyl (C=O) groups is 1. The van der Waals surface area contributed by atoms with E-state index >= 15 is 0 Å². The minimum atomic E-state index is 0. The number of halogens is 2. The van der Waals surface area contributed by atoms with E-state index in [-0.39, 0.29) is 30.7 Å². The molecule has 26 heavy (non-hydrogen) atoms. The van der Waals surface area contributed by atoms with Crippen LogP contribution in [0.25, 0.3) is 11.1 Å². The van der Waals surface area contributed by atoms with Crippen LogP contribution in [-0.4, -0.2) is 48.5 Å². The second-order valence-corrected chi connectivity index (χ2v) is 6.90. The number of benzene rings is 1. The Hall–Kier alpha value is -1.50. The number of rotatable bonds is 3. The van der Waals surface area contributed by atoms with Crippen LogP contribution < -0.4 is 10.6 Å². The summed E-state index contributed by atoms with van der Waals surface area (Å²) < 4.78 is 5.84. The van der Waals surface area contributed by atoms with Crippen LogP contribution in [0.4, 0.5) is 6.01 Å². The number of fused-ring (bicyclic) bond motifs is 1. The number of aromatic nitrogens is 1. The summed E-state index contributed by atoms with van der Waals surface area (Å²) in [5.41, 5.74) is 7.43. The number of hydrogen-bond donors (Lipinski definition) is 1. The lowest BCUT2D eigenvalue weighted by Gasteiger charge is -2.32. The average Bonchev–Trinajstić information content (AvgIpc) is 3.28. The second-order valence-electron chi connectivity index (χ2n) is 6.90. The van der Waals surface area contributed by atoms with E-state index in [0.29, 0.717) is 24.4 Å². The van der Waals surface area contributed by atoms with E-state index in [0.717, 1.165) is 56.5 Å². The molecular formula is C18H26Cl2N4O2. The smallest absolute Gasteiger partial charge is 0.298 e. The lowest BCUT2D eigenvalue weighted by atomic mass is 9.95. The Morgan fingerprint density at radius 2 is 1.88 bits per heavy atom. The molecule has 2 aliphatic rings. The number of piperidine rings is 1. The van der Waals surface area contributed by atoms with Gasteiger partial charge in [0.2, 0.25) is 5.91 Å². The summed E-state index contributed by atoms with van der Waals surface area (Å²) in [5.74, 6) is 0.916. The number of likely N-dealkylation sites (tertiary alicyclic amines) is 1. The van der Waals surface area contributed by atoms with Crippen LogP contribution in [-0.2, 0) is 4.79 Å². The summed E-state index contributed by atoms with van der Waals surface area (Å²) in [5, 5.41) is 0. The number of para-hydroxylation sites is 2. The third kappa shape index (κ3) is 4.08. The van der Waals surface area contributed by atoms with Gasteiger partial charge in [0.15, 0.2) is 5.58 Å². The largest absolute Gasteiger partial charge is 0.423 e. The molecule has 8 heteroatoms. The highest BCUT2D eigenvalue weighted by molar-refractivity contribution is 5.85. The first-order valence-electron chi connectivity index (χ1n) is 8.84. The average molecular weight is 401 g/mol. The van der Waals surface area contributed by atoms with Gasteiger partial charge in [0, 0.05) is 32.1 Å². The lowest BCUT2D eigenvalue weighted by Crippen LogP contribution is -2.42. The molecule has 6 nitrogen and oxygen atoms in total. The minimum absolute atomic E-state index is 0. The SMILES string of the molecule is Cl.Cl.NCC1CCN(C(=O)C2CCN(c3nc4ccccc4o3)CC2)C1. The summed E-state index contributed by atoms with van der Waals surface area (Å²) in [7, 11) is 0. The van der Waals surface area contributed by atoms with Crippen molar-refractivity contribution < 1.29 is 9.21 Å². The second kappa shape index (κ2) is 8.93. The predicted molar refractivity (Wildman–Crippen MR) is 107 cm³/mol. The first kappa shape index (κ1) is 20.8. The molecule has 144 valence electrons. The monoisotopic (exact) mass is 400 g/mol. The Balaban J connectivity index is 0.00000121. The van der Waals surface area contributed by atoms with Gasteiger partial charge in [-0.3, -0.25) is 4.79 Å². The van der Waals surface area contributed by atoms with Crippen LogP contribution in [0, 0.1) is 11.8 Å². The van der Waals surface area contributed by atoms with E-state index in [2.05, 4.69) is 9.88 Å².